The first kappa shape index (κ1) is 56.6. The molecule has 0 radical (unpaired) electrons. The quantitative estimate of drug-likeness (QED) is 0.0153. The van der Waals surface area contributed by atoms with Crippen LogP contribution >= 0.6 is 7.82 Å². The number of phosphoric ester groups is 1. The lowest BCUT2D eigenvalue weighted by atomic mass is 10.2. The number of rotatable bonds is 39. The smallest absolute Gasteiger partial charge is 0.462 e. The van der Waals surface area contributed by atoms with Gasteiger partial charge in [-0.05, 0) is 83.5 Å². The Kier molecular flexibility index (Phi) is 39.9. The molecular formula is C48H77O11P. The van der Waals surface area contributed by atoms with Gasteiger partial charge in [-0.15, -0.1) is 0 Å². The molecule has 4 atom stereocenters. The molecule has 0 saturated heterocycles. The van der Waals surface area contributed by atoms with Crippen LogP contribution in [0.3, 0.4) is 0 Å². The van der Waals surface area contributed by atoms with Crippen LogP contribution in [0.1, 0.15) is 136 Å². The molecule has 0 bridgehead atoms. The summed E-state index contributed by atoms with van der Waals surface area (Å²) in [6, 6.07) is 0. The normalized spacial score (nSPS) is 15.4. The van der Waals surface area contributed by atoms with Gasteiger partial charge in [0.1, 0.15) is 12.7 Å². The van der Waals surface area contributed by atoms with E-state index in [0.717, 1.165) is 38.5 Å². The van der Waals surface area contributed by atoms with Gasteiger partial charge in [0.05, 0.1) is 25.9 Å². The van der Waals surface area contributed by atoms with Gasteiger partial charge < -0.3 is 29.7 Å². The van der Waals surface area contributed by atoms with Crippen LogP contribution in [-0.4, -0.2) is 76.9 Å². The third-order valence-electron chi connectivity index (χ3n) is 8.49. The molecule has 0 rings (SSSR count). The molecular weight excluding hydrogens is 783 g/mol. The number of carbonyl (C=O) groups excluding carboxylic acids is 2. The van der Waals surface area contributed by atoms with Crippen molar-refractivity contribution in [3.8, 4) is 0 Å². The first-order valence-corrected chi connectivity index (χ1v) is 23.4. The maximum atomic E-state index is 12.6. The van der Waals surface area contributed by atoms with E-state index in [1.165, 1.54) is 38.5 Å². The fraction of sp³-hybridized carbons (Fsp3) is 0.583. The zero-order chi connectivity index (χ0) is 44.2. The summed E-state index contributed by atoms with van der Waals surface area (Å²) in [6.45, 7) is 2.05. The van der Waals surface area contributed by atoms with E-state index in [9.17, 15) is 29.3 Å². The summed E-state index contributed by atoms with van der Waals surface area (Å²) in [5, 5.41) is 28.4. The summed E-state index contributed by atoms with van der Waals surface area (Å²) in [7, 11) is -4.67. The molecule has 4 N–H and O–H groups in total. The van der Waals surface area contributed by atoms with Gasteiger partial charge in [0.2, 0.25) is 0 Å². The highest BCUT2D eigenvalue weighted by molar-refractivity contribution is 7.47. The Labute approximate surface area is 361 Å². The van der Waals surface area contributed by atoms with E-state index >= 15 is 0 Å². The molecule has 0 aliphatic carbocycles. The lowest BCUT2D eigenvalue weighted by Gasteiger charge is -2.20. The molecule has 0 aromatic rings. The van der Waals surface area contributed by atoms with Crippen LogP contribution in [0.25, 0.3) is 0 Å². The second-order valence-corrected chi connectivity index (χ2v) is 15.7. The molecule has 0 fully saturated rings. The van der Waals surface area contributed by atoms with Crippen molar-refractivity contribution >= 4 is 19.8 Å². The molecule has 60 heavy (non-hydrogen) atoms. The van der Waals surface area contributed by atoms with E-state index in [0.29, 0.717) is 32.1 Å². The Morgan fingerprint density at radius 1 is 0.567 bits per heavy atom. The minimum atomic E-state index is -4.67. The number of aliphatic hydroxyl groups excluding tert-OH is 3. The van der Waals surface area contributed by atoms with Gasteiger partial charge >= 0.3 is 19.8 Å². The Balaban J connectivity index is 4.59. The maximum absolute atomic E-state index is 12.6. The number of hydrogen-bond acceptors (Lipinski definition) is 10. The molecule has 0 saturated carbocycles. The average molecular weight is 861 g/mol. The predicted octanol–water partition coefficient (Wildman–Crippen LogP) is 10.7. The monoisotopic (exact) mass is 861 g/mol. The molecule has 11 nitrogen and oxygen atoms in total. The van der Waals surface area contributed by atoms with Crippen molar-refractivity contribution in [3.63, 3.8) is 0 Å². The molecule has 0 heterocycles. The maximum Gasteiger partial charge on any atom is 0.472 e. The lowest BCUT2D eigenvalue weighted by molar-refractivity contribution is -0.161. The van der Waals surface area contributed by atoms with Crippen molar-refractivity contribution in [2.75, 3.05) is 26.4 Å². The molecule has 0 amide bonds. The van der Waals surface area contributed by atoms with E-state index in [4.69, 9.17) is 19.1 Å². The van der Waals surface area contributed by atoms with Crippen LogP contribution in [0.15, 0.2) is 109 Å². The summed E-state index contributed by atoms with van der Waals surface area (Å²) in [6.07, 6.45) is 49.5. The van der Waals surface area contributed by atoms with Gasteiger partial charge in [0.15, 0.2) is 6.10 Å². The number of hydrogen-bond donors (Lipinski definition) is 4. The van der Waals surface area contributed by atoms with Crippen molar-refractivity contribution in [2.24, 2.45) is 0 Å². The van der Waals surface area contributed by atoms with E-state index in [1.54, 1.807) is 6.08 Å². The Hall–Kier alpha value is -3.41. The highest BCUT2D eigenvalue weighted by atomic mass is 31.2. The van der Waals surface area contributed by atoms with Crippen LogP contribution in [-0.2, 0) is 32.7 Å². The molecule has 0 aromatic heterocycles. The lowest BCUT2D eigenvalue weighted by Crippen LogP contribution is -2.29. The van der Waals surface area contributed by atoms with Crippen LogP contribution in [0, 0.1) is 0 Å². The van der Waals surface area contributed by atoms with Crippen molar-refractivity contribution in [1.82, 2.24) is 0 Å². The molecule has 1 unspecified atom stereocenters. The van der Waals surface area contributed by atoms with Crippen LogP contribution in [0.4, 0.5) is 0 Å². The standard InChI is InChI=1S/C48H77O11P/c1-3-5-7-9-11-12-13-14-15-16-17-18-19-20-21-22-26-30-34-38-47(52)56-42-46(43-58-60(54,55)57-41-45(51)40-49)59-48(53)39-35-31-27-23-25-29-33-37-44(50)36-32-28-24-10-8-6-4-2/h11-12,14-15,17-18,20-21,23-24,26-30,32-33,36,44-46,49-51H,3-10,13,16,19,22,25,31,34-35,37-43H2,1-2H3,(H,54,55)/b12-11-,15-14-,18-17-,21-20-,27-23+,28-24-,30-26-,33-29-,36-32-/t44-,45-,46+/m0/s1. The van der Waals surface area contributed by atoms with E-state index in [2.05, 4.69) is 73.1 Å². The summed E-state index contributed by atoms with van der Waals surface area (Å²) in [5.74, 6) is -1.14. The fourth-order valence-corrected chi connectivity index (χ4v) is 5.84. The summed E-state index contributed by atoms with van der Waals surface area (Å²) >= 11 is 0. The molecule has 0 aromatic carbocycles. The van der Waals surface area contributed by atoms with Crippen molar-refractivity contribution < 1.29 is 52.9 Å². The third-order valence-corrected chi connectivity index (χ3v) is 9.44. The zero-order valence-electron chi connectivity index (χ0n) is 36.5. The van der Waals surface area contributed by atoms with E-state index < -0.39 is 64.5 Å². The van der Waals surface area contributed by atoms with E-state index in [-0.39, 0.29) is 12.8 Å². The number of unbranched alkanes of at least 4 members (excludes halogenated alkanes) is 7. The Bertz CT molecular complexity index is 1380. The Morgan fingerprint density at radius 2 is 1.07 bits per heavy atom. The second kappa shape index (κ2) is 42.3. The Morgan fingerprint density at radius 3 is 1.63 bits per heavy atom. The van der Waals surface area contributed by atoms with Crippen LogP contribution in [0.5, 0.6) is 0 Å². The minimum absolute atomic E-state index is 0.0520. The molecule has 12 heteroatoms. The van der Waals surface area contributed by atoms with Gasteiger partial charge in [-0.3, -0.25) is 18.6 Å². The minimum Gasteiger partial charge on any atom is -0.462 e. The van der Waals surface area contributed by atoms with Crippen molar-refractivity contribution in [2.45, 2.75) is 154 Å². The predicted molar refractivity (Wildman–Crippen MR) is 243 cm³/mol. The average Bonchev–Trinajstić information content (AvgIpc) is 3.23. The van der Waals surface area contributed by atoms with Crippen molar-refractivity contribution in [1.29, 1.82) is 0 Å². The zero-order valence-corrected chi connectivity index (χ0v) is 37.4. The number of ether oxygens (including phenoxy) is 2. The number of allylic oxidation sites excluding steroid dienone is 16. The molecule has 0 aliphatic rings. The highest BCUT2D eigenvalue weighted by Crippen LogP contribution is 2.43. The van der Waals surface area contributed by atoms with Crippen LogP contribution < -0.4 is 0 Å². The largest absolute Gasteiger partial charge is 0.472 e. The molecule has 340 valence electrons. The topological polar surface area (TPSA) is 169 Å². The van der Waals surface area contributed by atoms with Gasteiger partial charge in [-0.25, -0.2) is 4.57 Å². The second-order valence-electron chi connectivity index (χ2n) is 14.2. The third kappa shape index (κ3) is 41.3. The molecule has 0 aliphatic heterocycles. The number of phosphoric acid groups is 1. The molecule has 0 spiro atoms. The number of aliphatic hydroxyl groups is 3. The van der Waals surface area contributed by atoms with Crippen LogP contribution in [0.2, 0.25) is 0 Å². The fourth-order valence-electron chi connectivity index (χ4n) is 5.05. The summed E-state index contributed by atoms with van der Waals surface area (Å²) in [5.41, 5.74) is 0. The first-order chi connectivity index (χ1) is 29.1. The van der Waals surface area contributed by atoms with Crippen molar-refractivity contribution in [3.05, 3.63) is 109 Å². The van der Waals surface area contributed by atoms with E-state index in [1.807, 2.05) is 48.6 Å². The first-order valence-electron chi connectivity index (χ1n) is 22.0. The number of esters is 2. The summed E-state index contributed by atoms with van der Waals surface area (Å²) < 4.78 is 32.5. The SMILES string of the molecule is CCCCC/C=C\C=C/[C@H](O)C/C=C\C/C=C/CCCC(=O)O[C@H](COC(=O)CC/C=C\C/C=C\C/C=C\C/C=C\C/C=C\CCCCC)COP(=O)(O)OC[C@@H](O)CO. The van der Waals surface area contributed by atoms with Gasteiger partial charge in [0, 0.05) is 12.8 Å². The summed E-state index contributed by atoms with van der Waals surface area (Å²) in [4.78, 5) is 35.0. The van der Waals surface area contributed by atoms with Gasteiger partial charge in [-0.1, -0.05) is 149 Å². The van der Waals surface area contributed by atoms with Gasteiger partial charge in [0.25, 0.3) is 0 Å². The van der Waals surface area contributed by atoms with Gasteiger partial charge in [-0.2, -0.15) is 0 Å². The number of carbonyl (C=O) groups is 2. The highest BCUT2D eigenvalue weighted by Gasteiger charge is 2.27.